The fraction of sp³-hybridized carbons (Fsp3) is 0.227. The number of rotatable bonds is 5. The lowest BCUT2D eigenvalue weighted by Gasteiger charge is -2.27. The van der Waals surface area contributed by atoms with Crippen molar-refractivity contribution in [2.24, 2.45) is 5.73 Å². The normalized spacial score (nSPS) is 15.5. The third-order valence-electron chi connectivity index (χ3n) is 4.79. The van der Waals surface area contributed by atoms with Crippen molar-refractivity contribution in [3.63, 3.8) is 0 Å². The highest BCUT2D eigenvalue weighted by Crippen LogP contribution is 2.43. The van der Waals surface area contributed by atoms with Crippen LogP contribution in [0.5, 0.6) is 0 Å². The molecule has 4 rings (SSSR count). The van der Waals surface area contributed by atoms with E-state index in [4.69, 9.17) is 15.6 Å². The van der Waals surface area contributed by atoms with Crippen molar-refractivity contribution in [2.45, 2.75) is 25.9 Å². The minimum absolute atomic E-state index is 0.0242. The Balaban J connectivity index is 0.000000668. The van der Waals surface area contributed by atoms with Gasteiger partial charge in [0.2, 0.25) is 0 Å². The van der Waals surface area contributed by atoms with Gasteiger partial charge in [-0.15, -0.1) is 0 Å². The summed E-state index contributed by atoms with van der Waals surface area (Å²) >= 11 is 0. The van der Waals surface area contributed by atoms with Crippen LogP contribution in [-0.4, -0.2) is 49.6 Å². The van der Waals surface area contributed by atoms with Crippen molar-refractivity contribution in [3.05, 3.63) is 81.5 Å². The maximum absolute atomic E-state index is 13.0. The number of carbonyl (C=O) groups is 2. The number of aromatic amines is 1. The van der Waals surface area contributed by atoms with Crippen molar-refractivity contribution >= 4 is 17.6 Å². The van der Waals surface area contributed by atoms with Gasteiger partial charge in [0.05, 0.1) is 16.7 Å². The molecule has 0 aliphatic carbocycles. The molecule has 2 heterocycles. The number of fused-ring (bicyclic) bond motifs is 1. The van der Waals surface area contributed by atoms with E-state index in [0.29, 0.717) is 23.5 Å². The Kier molecular flexibility index (Phi) is 6.64. The van der Waals surface area contributed by atoms with E-state index < -0.39 is 16.9 Å². The second-order valence-electron chi connectivity index (χ2n) is 7.44. The Bertz CT molecular complexity index is 1140. The molecule has 0 bridgehead atoms. The molecule has 0 radical (unpaired) electrons. The minimum atomic E-state index is -0.833. The van der Waals surface area contributed by atoms with E-state index >= 15 is 0 Å². The lowest BCUT2D eigenvalue weighted by Crippen LogP contribution is -2.38. The van der Waals surface area contributed by atoms with E-state index in [0.717, 1.165) is 18.1 Å². The summed E-state index contributed by atoms with van der Waals surface area (Å²) in [5.74, 6) is -1.04. The van der Waals surface area contributed by atoms with Crippen LogP contribution in [-0.2, 0) is 4.79 Å². The van der Waals surface area contributed by atoms with Crippen LogP contribution in [0.1, 0.15) is 41.5 Å². The van der Waals surface area contributed by atoms with E-state index in [1.165, 1.54) is 12.1 Å². The van der Waals surface area contributed by atoms with Crippen LogP contribution < -0.4 is 5.73 Å². The molecule has 32 heavy (non-hydrogen) atoms. The third kappa shape index (κ3) is 4.65. The number of amides is 1. The van der Waals surface area contributed by atoms with Gasteiger partial charge in [-0.25, -0.2) is 0 Å². The van der Waals surface area contributed by atoms with Gasteiger partial charge in [-0.05, 0) is 12.5 Å². The summed E-state index contributed by atoms with van der Waals surface area (Å²) in [6, 6.07) is 15.1. The molecule has 0 spiro atoms. The number of nitrogens with one attached hydrogen (secondary N) is 1. The number of carboxylic acid groups (broad SMARTS) is 1. The topological polar surface area (TPSA) is 155 Å². The number of nitrogens with two attached hydrogens (primary N) is 1. The fourth-order valence-corrected chi connectivity index (χ4v) is 3.67. The minimum Gasteiger partial charge on any atom is -0.481 e. The van der Waals surface area contributed by atoms with Crippen LogP contribution >= 0.6 is 0 Å². The van der Waals surface area contributed by atoms with Crippen molar-refractivity contribution in [1.82, 2.24) is 15.1 Å². The fourth-order valence-electron chi connectivity index (χ4n) is 3.67. The van der Waals surface area contributed by atoms with Crippen LogP contribution in [0.2, 0.25) is 0 Å². The molecule has 0 saturated heterocycles. The van der Waals surface area contributed by atoms with Crippen LogP contribution in [0.15, 0.2) is 54.6 Å². The van der Waals surface area contributed by atoms with Crippen molar-refractivity contribution < 1.29 is 19.6 Å². The zero-order valence-electron chi connectivity index (χ0n) is 17.6. The Morgan fingerprint density at radius 3 is 2.53 bits per heavy atom. The summed E-state index contributed by atoms with van der Waals surface area (Å²) in [4.78, 5) is 34.5. The SMILES string of the molecule is CC(=O)O.CC(N)CN1C(=O)c2[nH]nc(-c3ccccc3)c2C1c1cccc([N+](=O)[O-])c1. The van der Waals surface area contributed by atoms with Gasteiger partial charge in [-0.1, -0.05) is 42.5 Å². The molecular formula is C22H23N5O5. The highest BCUT2D eigenvalue weighted by molar-refractivity contribution is 6.00. The number of aromatic nitrogens is 2. The molecule has 10 heteroatoms. The van der Waals surface area contributed by atoms with E-state index in [1.807, 2.05) is 37.3 Å². The van der Waals surface area contributed by atoms with Crippen molar-refractivity contribution in [3.8, 4) is 11.3 Å². The molecule has 0 fully saturated rings. The molecule has 10 nitrogen and oxygen atoms in total. The van der Waals surface area contributed by atoms with Gasteiger partial charge >= 0.3 is 0 Å². The first-order chi connectivity index (χ1) is 15.2. The summed E-state index contributed by atoms with van der Waals surface area (Å²) in [6.45, 7) is 3.23. The first kappa shape index (κ1) is 22.6. The molecule has 1 aliphatic rings. The lowest BCUT2D eigenvalue weighted by atomic mass is 9.95. The van der Waals surface area contributed by atoms with Gasteiger partial charge in [0.25, 0.3) is 17.6 Å². The first-order valence-electron chi connectivity index (χ1n) is 9.84. The molecule has 1 aromatic heterocycles. The summed E-state index contributed by atoms with van der Waals surface area (Å²) < 4.78 is 0. The predicted molar refractivity (Wildman–Crippen MR) is 117 cm³/mol. The van der Waals surface area contributed by atoms with Crippen LogP contribution in [0.3, 0.4) is 0 Å². The van der Waals surface area contributed by atoms with Gasteiger partial charge in [0, 0.05) is 42.8 Å². The highest BCUT2D eigenvalue weighted by atomic mass is 16.6. The molecule has 2 unspecified atom stereocenters. The Morgan fingerprint density at radius 1 is 1.28 bits per heavy atom. The number of nitrogens with zero attached hydrogens (tertiary/aromatic N) is 3. The number of non-ortho nitro benzene ring substituents is 1. The lowest BCUT2D eigenvalue weighted by molar-refractivity contribution is -0.384. The van der Waals surface area contributed by atoms with E-state index in [9.17, 15) is 14.9 Å². The van der Waals surface area contributed by atoms with E-state index in [-0.39, 0.29) is 17.6 Å². The molecule has 0 saturated carbocycles. The largest absolute Gasteiger partial charge is 0.481 e. The van der Waals surface area contributed by atoms with Crippen molar-refractivity contribution in [2.75, 3.05) is 6.54 Å². The van der Waals surface area contributed by atoms with Crippen molar-refractivity contribution in [1.29, 1.82) is 0 Å². The summed E-state index contributed by atoms with van der Waals surface area (Å²) in [7, 11) is 0. The molecule has 4 N–H and O–H groups in total. The van der Waals surface area contributed by atoms with Gasteiger partial charge < -0.3 is 15.7 Å². The molecule has 1 amide bonds. The number of H-pyrrole nitrogens is 1. The van der Waals surface area contributed by atoms with Crippen LogP contribution in [0, 0.1) is 10.1 Å². The number of hydrogen-bond acceptors (Lipinski definition) is 6. The molecular weight excluding hydrogens is 414 g/mol. The standard InChI is InChI=1S/C20H19N5O3.C2H4O2/c1-12(21)11-24-19(14-8-5-9-15(10-14)25(27)28)16-17(13-6-3-2-4-7-13)22-23-18(16)20(24)26;1-2(3)4/h2-10,12,19H,11,21H2,1H3,(H,22,23);1H3,(H,3,4). The predicted octanol–water partition coefficient (Wildman–Crippen LogP) is 2.97. The molecule has 3 aromatic rings. The number of nitro benzene ring substituents is 1. The smallest absolute Gasteiger partial charge is 0.300 e. The zero-order valence-corrected chi connectivity index (χ0v) is 17.6. The molecule has 2 atom stereocenters. The molecule has 166 valence electrons. The second kappa shape index (κ2) is 9.40. The van der Waals surface area contributed by atoms with E-state index in [2.05, 4.69) is 10.2 Å². The number of carboxylic acids is 1. The quantitative estimate of drug-likeness (QED) is 0.409. The van der Waals surface area contributed by atoms with Gasteiger partial charge in [-0.3, -0.25) is 24.8 Å². The van der Waals surface area contributed by atoms with E-state index in [1.54, 1.807) is 17.0 Å². The monoisotopic (exact) mass is 437 g/mol. The molecule has 2 aromatic carbocycles. The zero-order chi connectivity index (χ0) is 23.4. The second-order valence-corrected chi connectivity index (χ2v) is 7.44. The molecule has 1 aliphatic heterocycles. The summed E-state index contributed by atoms with van der Waals surface area (Å²) in [6.07, 6.45) is 0. The number of carbonyl (C=O) groups excluding carboxylic acids is 1. The maximum atomic E-state index is 13.0. The number of benzene rings is 2. The maximum Gasteiger partial charge on any atom is 0.300 e. The highest BCUT2D eigenvalue weighted by Gasteiger charge is 2.42. The number of aliphatic carboxylic acids is 1. The summed E-state index contributed by atoms with van der Waals surface area (Å²) in [5, 5.41) is 25.9. The Labute approximate surface area is 183 Å². The van der Waals surface area contributed by atoms with Gasteiger partial charge in [0.1, 0.15) is 5.69 Å². The van der Waals surface area contributed by atoms with Gasteiger partial charge in [0.15, 0.2) is 0 Å². The van der Waals surface area contributed by atoms with Crippen LogP contribution in [0.25, 0.3) is 11.3 Å². The average Bonchev–Trinajstić information content (AvgIpc) is 3.27. The summed E-state index contributed by atoms with van der Waals surface area (Å²) in [5.41, 5.74) is 9.25. The Hall–Kier alpha value is -4.05. The van der Waals surface area contributed by atoms with Gasteiger partial charge in [-0.2, -0.15) is 5.10 Å². The Morgan fingerprint density at radius 2 is 1.94 bits per heavy atom. The number of hydrogen-bond donors (Lipinski definition) is 3. The average molecular weight is 437 g/mol. The van der Waals surface area contributed by atoms with Crippen LogP contribution in [0.4, 0.5) is 5.69 Å². The number of nitro groups is 1. The first-order valence-corrected chi connectivity index (χ1v) is 9.84. The third-order valence-corrected chi connectivity index (χ3v) is 4.79.